The van der Waals surface area contributed by atoms with Gasteiger partial charge in [0, 0.05) is 0 Å². The Morgan fingerprint density at radius 1 is 0.833 bits per heavy atom. The van der Waals surface area contributed by atoms with Crippen LogP contribution in [0.4, 0.5) is 0 Å². The zero-order chi connectivity index (χ0) is 8.81. The van der Waals surface area contributed by atoms with Crippen LogP contribution in [-0.4, -0.2) is 29.9 Å². The van der Waals surface area contributed by atoms with Crippen LogP contribution in [0.1, 0.15) is 0 Å². The van der Waals surface area contributed by atoms with Crippen LogP contribution in [0, 0.1) is 20.5 Å². The minimum atomic E-state index is -0.0713. The van der Waals surface area contributed by atoms with E-state index in [4.69, 9.17) is 10.5 Å². The van der Waals surface area contributed by atoms with Crippen LogP contribution in [-0.2, 0) is 0 Å². The Balaban J connectivity index is 2.74. The van der Waals surface area contributed by atoms with Crippen LogP contribution in [0.25, 0.3) is 0 Å². The maximum atomic E-state index is 8.42. The average Bonchev–Trinajstić information content (AvgIpc) is 2.09. The van der Waals surface area contributed by atoms with Gasteiger partial charge in [-0.1, -0.05) is 0 Å². The fourth-order valence-electron chi connectivity index (χ4n) is 0.681. The molecule has 1 rings (SSSR count). The van der Waals surface area contributed by atoms with Crippen molar-refractivity contribution < 1.29 is 0 Å². The van der Waals surface area contributed by atoms with Crippen LogP contribution >= 0.6 is 0 Å². The molecule has 0 aliphatic heterocycles. The molecule has 0 unspecified atom stereocenters. The van der Waals surface area contributed by atoms with Gasteiger partial charge in [-0.2, -0.15) is 0 Å². The Kier molecular flexibility index (Phi) is 3.88. The number of benzene rings is 1. The molecule has 0 heterocycles. The van der Waals surface area contributed by atoms with Gasteiger partial charge in [0.2, 0.25) is 0 Å². The molecule has 0 fully saturated rings. The van der Waals surface area contributed by atoms with Gasteiger partial charge < -0.3 is 0 Å². The standard InChI is InChI=1S/C8H4N2Se2/c9-5-11-7-1-2-8(4-3-7)12-6-10/h1-4H. The molecule has 0 saturated carbocycles. The molecule has 12 heavy (non-hydrogen) atoms. The van der Waals surface area contributed by atoms with Gasteiger partial charge in [-0.05, 0) is 0 Å². The van der Waals surface area contributed by atoms with Gasteiger partial charge in [-0.3, -0.25) is 0 Å². The summed E-state index contributed by atoms with van der Waals surface area (Å²) in [6, 6.07) is 7.71. The maximum absolute atomic E-state index is 8.42. The van der Waals surface area contributed by atoms with Crippen molar-refractivity contribution in [2.24, 2.45) is 0 Å². The summed E-state index contributed by atoms with van der Waals surface area (Å²) in [7, 11) is 0. The van der Waals surface area contributed by atoms with E-state index >= 15 is 0 Å². The molecule has 0 amide bonds. The molecule has 0 bridgehead atoms. The quantitative estimate of drug-likeness (QED) is 0.676. The molecule has 0 aliphatic rings. The number of hydrogen-bond donors (Lipinski definition) is 0. The molecule has 0 atom stereocenters. The second-order valence-corrected chi connectivity index (χ2v) is 5.46. The Hall–Kier alpha value is -0.761. The zero-order valence-electron chi connectivity index (χ0n) is 6.02. The monoisotopic (exact) mass is 288 g/mol. The molecular weight excluding hydrogens is 282 g/mol. The van der Waals surface area contributed by atoms with Crippen molar-refractivity contribution in [2.75, 3.05) is 0 Å². The van der Waals surface area contributed by atoms with E-state index in [0.717, 1.165) is 8.92 Å². The predicted octanol–water partition coefficient (Wildman–Crippen LogP) is -0.692. The number of nitrogens with zero attached hydrogens (tertiary/aromatic N) is 2. The van der Waals surface area contributed by atoms with Crippen LogP contribution < -0.4 is 8.92 Å². The molecule has 0 radical (unpaired) electrons. The Labute approximate surface area is 83.5 Å². The van der Waals surface area contributed by atoms with Crippen molar-refractivity contribution in [3.63, 3.8) is 0 Å². The van der Waals surface area contributed by atoms with Crippen molar-refractivity contribution in [3.8, 4) is 9.94 Å². The third-order valence-electron chi connectivity index (χ3n) is 1.15. The van der Waals surface area contributed by atoms with E-state index in [-0.39, 0.29) is 29.9 Å². The number of nitriles is 2. The van der Waals surface area contributed by atoms with Crippen LogP contribution in [0.2, 0.25) is 0 Å². The van der Waals surface area contributed by atoms with E-state index in [9.17, 15) is 0 Å². The van der Waals surface area contributed by atoms with Gasteiger partial charge in [0.1, 0.15) is 0 Å². The van der Waals surface area contributed by atoms with Gasteiger partial charge in [0.25, 0.3) is 0 Å². The zero-order valence-corrected chi connectivity index (χ0v) is 9.45. The molecule has 1 aromatic carbocycles. The second kappa shape index (κ2) is 4.99. The van der Waals surface area contributed by atoms with E-state index in [1.807, 2.05) is 24.3 Å². The summed E-state index contributed by atoms with van der Waals surface area (Å²) in [5.41, 5.74) is 0. The first kappa shape index (κ1) is 9.33. The van der Waals surface area contributed by atoms with E-state index in [1.165, 1.54) is 0 Å². The second-order valence-electron chi connectivity index (χ2n) is 1.86. The summed E-state index contributed by atoms with van der Waals surface area (Å²) in [5, 5.41) is 16.8. The Morgan fingerprint density at radius 2 is 1.17 bits per heavy atom. The van der Waals surface area contributed by atoms with E-state index in [1.54, 1.807) is 0 Å². The van der Waals surface area contributed by atoms with Gasteiger partial charge in [0.05, 0.1) is 0 Å². The molecule has 58 valence electrons. The Bertz CT molecular complexity index is 297. The van der Waals surface area contributed by atoms with Gasteiger partial charge in [-0.15, -0.1) is 0 Å². The molecule has 0 saturated heterocycles. The van der Waals surface area contributed by atoms with Crippen molar-refractivity contribution in [3.05, 3.63) is 24.3 Å². The summed E-state index contributed by atoms with van der Waals surface area (Å²) in [4.78, 5) is 4.28. The molecule has 0 aliphatic carbocycles. The minimum absolute atomic E-state index is 0.0713. The van der Waals surface area contributed by atoms with E-state index in [2.05, 4.69) is 9.94 Å². The molecule has 1 aromatic rings. The molecule has 4 heteroatoms. The van der Waals surface area contributed by atoms with Crippen LogP contribution in [0.5, 0.6) is 0 Å². The first-order chi connectivity index (χ1) is 5.86. The molecule has 0 spiro atoms. The summed E-state index contributed by atoms with van der Waals surface area (Å²) in [6.07, 6.45) is 0. The third-order valence-corrected chi connectivity index (χ3v) is 3.66. The topological polar surface area (TPSA) is 47.6 Å². The summed E-state index contributed by atoms with van der Waals surface area (Å²) in [6.45, 7) is 0. The van der Waals surface area contributed by atoms with Crippen molar-refractivity contribution in [1.82, 2.24) is 0 Å². The summed E-state index contributed by atoms with van der Waals surface area (Å²) < 4.78 is 2.14. The van der Waals surface area contributed by atoms with Gasteiger partial charge >= 0.3 is 83.6 Å². The Morgan fingerprint density at radius 3 is 1.42 bits per heavy atom. The molecule has 0 aromatic heterocycles. The first-order valence-electron chi connectivity index (χ1n) is 3.09. The number of rotatable bonds is 2. The van der Waals surface area contributed by atoms with Crippen molar-refractivity contribution in [2.45, 2.75) is 0 Å². The van der Waals surface area contributed by atoms with Crippen molar-refractivity contribution >= 4 is 38.8 Å². The summed E-state index contributed by atoms with van der Waals surface area (Å²) in [5.74, 6) is 0. The molecular formula is C8H4N2Se2. The average molecular weight is 286 g/mol. The molecule has 2 nitrogen and oxygen atoms in total. The van der Waals surface area contributed by atoms with E-state index < -0.39 is 0 Å². The van der Waals surface area contributed by atoms with E-state index in [0.29, 0.717) is 0 Å². The third kappa shape index (κ3) is 2.70. The van der Waals surface area contributed by atoms with Crippen molar-refractivity contribution in [1.29, 1.82) is 10.5 Å². The SMILES string of the molecule is N#C[Se]c1ccc([Se]C#N)cc1. The summed E-state index contributed by atoms with van der Waals surface area (Å²) >= 11 is -0.143. The van der Waals surface area contributed by atoms with Gasteiger partial charge in [0.15, 0.2) is 0 Å². The fraction of sp³-hybridized carbons (Fsp3) is 0. The number of hydrogen-bond acceptors (Lipinski definition) is 2. The fourth-order valence-corrected chi connectivity index (χ4v) is 2.27. The van der Waals surface area contributed by atoms with Gasteiger partial charge in [-0.25, -0.2) is 0 Å². The molecule has 0 N–H and O–H groups in total. The van der Waals surface area contributed by atoms with Crippen LogP contribution in [0.3, 0.4) is 0 Å². The normalized spacial score (nSPS) is 8.50. The first-order valence-corrected chi connectivity index (χ1v) is 6.51. The van der Waals surface area contributed by atoms with Crippen LogP contribution in [0.15, 0.2) is 24.3 Å². The predicted molar refractivity (Wildman–Crippen MR) is 48.4 cm³/mol.